The number of hydrogen-bond donors (Lipinski definition) is 1. The average molecular weight is 589 g/mol. The summed E-state index contributed by atoms with van der Waals surface area (Å²) < 4.78 is 23.1. The molecular weight excluding hydrogens is 540 g/mol. The largest absolute Gasteiger partial charge is 0.508 e. The minimum atomic E-state index is 0.343. The molecule has 0 unspecified atom stereocenters. The highest BCUT2D eigenvalue weighted by Crippen LogP contribution is 2.43. The molecule has 232 valence electrons. The van der Waals surface area contributed by atoms with E-state index in [1.54, 1.807) is 20.3 Å². The molecule has 1 aliphatic carbocycles. The Morgan fingerprint density at radius 1 is 0.907 bits per heavy atom. The van der Waals surface area contributed by atoms with E-state index >= 15 is 0 Å². The van der Waals surface area contributed by atoms with Crippen molar-refractivity contribution < 1.29 is 24.1 Å². The van der Waals surface area contributed by atoms with Gasteiger partial charge in [-0.2, -0.15) is 0 Å². The van der Waals surface area contributed by atoms with Crippen molar-refractivity contribution in [3.63, 3.8) is 0 Å². The number of aryl methyl sites for hydroxylation is 1. The number of ether oxygens (including phenoxy) is 4. The summed E-state index contributed by atoms with van der Waals surface area (Å²) in [7, 11) is 5.58. The first-order valence-corrected chi connectivity index (χ1v) is 15.8. The van der Waals surface area contributed by atoms with Crippen molar-refractivity contribution >= 4 is 5.69 Å². The zero-order chi connectivity index (χ0) is 30.2. The van der Waals surface area contributed by atoms with Crippen LogP contribution in [0.2, 0.25) is 0 Å². The second kappa shape index (κ2) is 14.8. The lowest BCUT2D eigenvalue weighted by Crippen LogP contribution is -2.32. The van der Waals surface area contributed by atoms with Crippen LogP contribution in [0, 0.1) is 5.92 Å². The lowest BCUT2D eigenvalue weighted by atomic mass is 9.79. The van der Waals surface area contributed by atoms with E-state index in [0.717, 1.165) is 94.7 Å². The number of methoxy groups -OCH3 is 2. The average Bonchev–Trinajstić information content (AvgIpc) is 3.04. The number of phenols is 1. The third-order valence-corrected chi connectivity index (χ3v) is 9.06. The molecule has 0 radical (unpaired) electrons. The highest BCUT2D eigenvalue weighted by Gasteiger charge is 2.26. The highest BCUT2D eigenvalue weighted by atomic mass is 16.5. The van der Waals surface area contributed by atoms with Crippen molar-refractivity contribution in [2.24, 2.45) is 5.92 Å². The van der Waals surface area contributed by atoms with Crippen molar-refractivity contribution in [1.82, 2.24) is 4.90 Å². The molecule has 7 heteroatoms. The van der Waals surface area contributed by atoms with Gasteiger partial charge in [-0.05, 0) is 110 Å². The monoisotopic (exact) mass is 588 g/mol. The van der Waals surface area contributed by atoms with E-state index in [9.17, 15) is 5.11 Å². The molecule has 3 aromatic rings. The molecule has 5 rings (SSSR count). The summed E-state index contributed by atoms with van der Waals surface area (Å²) in [5.41, 5.74) is 6.25. The molecule has 0 amide bonds. The fourth-order valence-corrected chi connectivity index (χ4v) is 6.55. The van der Waals surface area contributed by atoms with Gasteiger partial charge in [0.25, 0.3) is 0 Å². The maximum atomic E-state index is 9.97. The quantitative estimate of drug-likeness (QED) is 0.246. The number of benzene rings is 3. The third kappa shape index (κ3) is 7.95. The van der Waals surface area contributed by atoms with Crippen LogP contribution >= 0.6 is 0 Å². The number of aromatic hydroxyl groups is 1. The van der Waals surface area contributed by atoms with Crippen molar-refractivity contribution in [3.05, 3.63) is 76.9 Å². The zero-order valence-electron chi connectivity index (χ0n) is 26.3. The van der Waals surface area contributed by atoms with E-state index in [1.165, 1.54) is 27.9 Å². The van der Waals surface area contributed by atoms with Crippen LogP contribution in [-0.2, 0) is 24.1 Å². The van der Waals surface area contributed by atoms with Crippen LogP contribution < -0.4 is 19.1 Å². The molecule has 1 heterocycles. The number of rotatable bonds is 13. The Balaban J connectivity index is 1.26. The van der Waals surface area contributed by atoms with Crippen molar-refractivity contribution in [3.8, 4) is 23.0 Å². The van der Waals surface area contributed by atoms with E-state index in [0.29, 0.717) is 18.3 Å². The molecule has 1 fully saturated rings. The fourth-order valence-electron chi connectivity index (χ4n) is 6.55. The van der Waals surface area contributed by atoms with E-state index in [2.05, 4.69) is 66.2 Å². The molecule has 1 atom stereocenters. The van der Waals surface area contributed by atoms with Crippen molar-refractivity contribution in [2.75, 3.05) is 65.6 Å². The number of likely N-dealkylation sites (N-methyl/N-ethyl adjacent to an activating group) is 1. The molecule has 1 aliphatic heterocycles. The van der Waals surface area contributed by atoms with Gasteiger partial charge in [-0.3, -0.25) is 0 Å². The molecule has 0 spiro atoms. The summed E-state index contributed by atoms with van der Waals surface area (Å²) in [6.45, 7) is 8.33. The van der Waals surface area contributed by atoms with Gasteiger partial charge >= 0.3 is 0 Å². The summed E-state index contributed by atoms with van der Waals surface area (Å²) in [4.78, 5) is 4.80. The Morgan fingerprint density at radius 2 is 1.65 bits per heavy atom. The van der Waals surface area contributed by atoms with Gasteiger partial charge in [0, 0.05) is 51.1 Å². The first-order valence-electron chi connectivity index (χ1n) is 15.8. The Bertz CT molecular complexity index is 1320. The van der Waals surface area contributed by atoms with Gasteiger partial charge in [-0.25, -0.2) is 0 Å². The minimum Gasteiger partial charge on any atom is -0.508 e. The summed E-state index contributed by atoms with van der Waals surface area (Å²) in [6.07, 6.45) is 5.22. The predicted octanol–water partition coefficient (Wildman–Crippen LogP) is 6.45. The number of nitrogens with zero attached hydrogens (tertiary/aromatic N) is 2. The van der Waals surface area contributed by atoms with E-state index in [1.807, 2.05) is 6.07 Å². The third-order valence-electron chi connectivity index (χ3n) is 9.06. The van der Waals surface area contributed by atoms with Gasteiger partial charge in [0.15, 0.2) is 11.5 Å². The molecule has 0 bridgehead atoms. The lowest BCUT2D eigenvalue weighted by Gasteiger charge is -2.32. The maximum Gasteiger partial charge on any atom is 0.162 e. The maximum absolute atomic E-state index is 9.97. The van der Waals surface area contributed by atoms with Crippen molar-refractivity contribution in [1.29, 1.82) is 0 Å². The Labute approximate surface area is 257 Å². The standard InChI is InChI=1S/C36H48N2O5/c1-5-38(25-26-6-12-32(13-7-26)43-19-16-37(2)24-27-14-17-42-18-15-27)34-23-36(41-4)35(40-3)22-33(34)30-9-8-29-21-31(39)11-10-28(29)20-30/h6-7,10-13,21-23,27,30,39H,5,8-9,14-20,24-25H2,1-4H3/t30-/m1/s1. The fraction of sp³-hybridized carbons (Fsp3) is 0.500. The highest BCUT2D eigenvalue weighted by molar-refractivity contribution is 5.64. The van der Waals surface area contributed by atoms with Gasteiger partial charge in [0.2, 0.25) is 0 Å². The van der Waals surface area contributed by atoms with Crippen LogP contribution in [-0.4, -0.2) is 70.7 Å². The topological polar surface area (TPSA) is 63.6 Å². The molecule has 3 aromatic carbocycles. The van der Waals surface area contributed by atoms with E-state index in [-0.39, 0.29) is 0 Å². The summed E-state index contributed by atoms with van der Waals surface area (Å²) in [6, 6.07) is 18.6. The van der Waals surface area contributed by atoms with Crippen LogP contribution in [0.3, 0.4) is 0 Å². The minimum absolute atomic E-state index is 0.343. The number of hydrogen-bond acceptors (Lipinski definition) is 7. The lowest BCUT2D eigenvalue weighted by molar-refractivity contribution is 0.0543. The Hall–Kier alpha value is -3.42. The van der Waals surface area contributed by atoms with Gasteiger partial charge in [0.05, 0.1) is 14.2 Å². The van der Waals surface area contributed by atoms with Crippen LogP contribution in [0.1, 0.15) is 54.4 Å². The summed E-state index contributed by atoms with van der Waals surface area (Å²) >= 11 is 0. The first-order chi connectivity index (χ1) is 21.0. The molecule has 43 heavy (non-hydrogen) atoms. The molecule has 7 nitrogen and oxygen atoms in total. The summed E-state index contributed by atoms with van der Waals surface area (Å²) in [5, 5.41) is 9.97. The van der Waals surface area contributed by atoms with Gasteiger partial charge in [-0.1, -0.05) is 18.2 Å². The van der Waals surface area contributed by atoms with Crippen LogP contribution in [0.15, 0.2) is 54.6 Å². The number of anilines is 1. The second-order valence-corrected chi connectivity index (χ2v) is 12.0. The molecule has 0 saturated carbocycles. The number of fused-ring (bicyclic) bond motifs is 1. The second-order valence-electron chi connectivity index (χ2n) is 12.0. The number of phenolic OH excluding ortho intramolecular Hbond substituents is 1. The molecule has 2 aliphatic rings. The van der Waals surface area contributed by atoms with Crippen LogP contribution in [0.4, 0.5) is 5.69 Å². The predicted molar refractivity (Wildman–Crippen MR) is 172 cm³/mol. The smallest absolute Gasteiger partial charge is 0.162 e. The first kappa shape index (κ1) is 31.0. The molecule has 0 aromatic heterocycles. The van der Waals surface area contributed by atoms with Crippen molar-refractivity contribution in [2.45, 2.75) is 51.5 Å². The van der Waals surface area contributed by atoms with Gasteiger partial charge in [-0.15, -0.1) is 0 Å². The molecule has 1 saturated heterocycles. The van der Waals surface area contributed by atoms with Gasteiger partial charge < -0.3 is 33.9 Å². The molecule has 1 N–H and O–H groups in total. The normalized spacial score (nSPS) is 17.0. The SMILES string of the molecule is CCN(Cc1ccc(OCCN(C)CC2CCOCC2)cc1)c1cc(OC)c(OC)cc1[C@@H]1CCc2cc(O)ccc2C1. The van der Waals surface area contributed by atoms with Crippen LogP contribution in [0.25, 0.3) is 0 Å². The zero-order valence-corrected chi connectivity index (χ0v) is 26.3. The Kier molecular flexibility index (Phi) is 10.7. The van der Waals surface area contributed by atoms with Gasteiger partial charge in [0.1, 0.15) is 18.1 Å². The van der Waals surface area contributed by atoms with E-state index < -0.39 is 0 Å². The van der Waals surface area contributed by atoms with Crippen LogP contribution in [0.5, 0.6) is 23.0 Å². The van der Waals surface area contributed by atoms with E-state index in [4.69, 9.17) is 18.9 Å². The molecular formula is C36H48N2O5. The Morgan fingerprint density at radius 3 is 2.37 bits per heavy atom. The summed E-state index contributed by atoms with van der Waals surface area (Å²) in [5.74, 6) is 3.83.